The number of hydrogen-bond acceptors (Lipinski definition) is 4. The highest BCUT2D eigenvalue weighted by molar-refractivity contribution is 14.0. The fraction of sp³-hybridized carbons (Fsp3) is 0.0161. The highest BCUT2D eigenvalue weighted by Gasteiger charge is 2.25. The van der Waals surface area contributed by atoms with Crippen molar-refractivity contribution in [3.63, 3.8) is 0 Å². The average Bonchev–Trinajstić information content (AvgIpc) is 4.16. The topological polar surface area (TPSA) is 70.4 Å². The van der Waals surface area contributed by atoms with Crippen molar-refractivity contribution in [3.8, 4) is 28.8 Å². The molecule has 0 amide bonds. The van der Waals surface area contributed by atoms with Gasteiger partial charge in [-0.15, -0.1) is 24.0 Å². The first kappa shape index (κ1) is 41.2. The van der Waals surface area contributed by atoms with Crippen LogP contribution in [0.25, 0.3) is 122 Å². The molecule has 0 saturated heterocycles. The van der Waals surface area contributed by atoms with Gasteiger partial charge in [0.1, 0.15) is 23.6 Å². The van der Waals surface area contributed by atoms with Crippen LogP contribution in [0.1, 0.15) is 11.9 Å². The third kappa shape index (κ3) is 6.19. The molecule has 0 spiro atoms. The smallest absolute Gasteiger partial charge is 0.138 e. The zero-order chi connectivity index (χ0) is 45.9. The Kier molecular flexibility index (Phi) is 9.37. The van der Waals surface area contributed by atoms with Crippen LogP contribution >= 0.6 is 24.0 Å². The predicted molar refractivity (Wildman–Crippen MR) is 302 cm³/mol. The van der Waals surface area contributed by atoms with E-state index in [0.717, 1.165) is 84.4 Å². The third-order valence-electron chi connectivity index (χ3n) is 14.2. The van der Waals surface area contributed by atoms with Crippen molar-refractivity contribution in [3.05, 3.63) is 236 Å². The molecule has 8 nitrogen and oxygen atoms in total. The Morgan fingerprint density at radius 2 is 0.690 bits per heavy atom. The lowest BCUT2D eigenvalue weighted by Gasteiger charge is -2.25. The second-order valence-corrected chi connectivity index (χ2v) is 18.0. The van der Waals surface area contributed by atoms with Crippen molar-refractivity contribution in [1.82, 2.24) is 38.5 Å². The van der Waals surface area contributed by atoms with Crippen molar-refractivity contribution in [2.45, 2.75) is 6.17 Å². The molecule has 71 heavy (non-hydrogen) atoms. The molecule has 7 aromatic carbocycles. The van der Waals surface area contributed by atoms with Gasteiger partial charge in [-0.3, -0.25) is 13.7 Å². The Morgan fingerprint density at radius 3 is 1.20 bits per heavy atom. The number of aromatic nitrogens is 7. The van der Waals surface area contributed by atoms with Crippen LogP contribution in [0.4, 0.5) is 0 Å². The van der Waals surface area contributed by atoms with Gasteiger partial charge in [0, 0.05) is 43.1 Å². The van der Waals surface area contributed by atoms with Crippen LogP contribution in [0.15, 0.2) is 231 Å². The standard InChI is InChI=1S/C62H40N8.HI/c1-7-27-49-39(17-1)40-18-2-8-28-50(40)67(49)57-33-13-23-45(63-57)47-25-15-35-59(65-47)69-53-31-11-5-21-43(53)61-55(69)37-38-56-62(61)44-22-6-12-32-54(44)70(56)60-36-16-26-48(66-60)46-24-14-34-58(64-46)68-51-29-9-3-19-41(51)42-20-4-10-30-52(42)68;/h1-38,59,65H;1H. The number of hydrogen-bond donors (Lipinski definition) is 1. The summed E-state index contributed by atoms with van der Waals surface area (Å²) in [6.45, 7) is 0. The molecule has 0 aliphatic carbocycles. The van der Waals surface area contributed by atoms with Gasteiger partial charge in [-0.2, -0.15) is 0 Å². The molecule has 1 aliphatic heterocycles. The first-order valence-electron chi connectivity index (χ1n) is 23.7. The van der Waals surface area contributed by atoms with Gasteiger partial charge < -0.3 is 9.88 Å². The molecule has 1 atom stereocenters. The van der Waals surface area contributed by atoms with E-state index in [4.69, 9.17) is 15.0 Å². The Morgan fingerprint density at radius 1 is 0.324 bits per heavy atom. The number of rotatable bonds is 6. The zero-order valence-corrected chi connectivity index (χ0v) is 40.4. The SMILES string of the molecule is C1=CC(n2c3ccccc3c3c4c5ccccc5n(-c5cccc(-c6cccc(-n7c8ccccc8c8ccccc87)n6)n5)c4ccc32)NC(c2cccc(-n3c4ccccc4c4ccccc43)n2)=C1.I. The van der Waals surface area contributed by atoms with E-state index in [1.807, 2.05) is 0 Å². The number of pyridine rings is 3. The Hall–Kier alpha value is -8.80. The fourth-order valence-corrected chi connectivity index (χ4v) is 11.3. The van der Waals surface area contributed by atoms with E-state index in [1.54, 1.807) is 0 Å². The van der Waals surface area contributed by atoms with E-state index in [0.29, 0.717) is 0 Å². The van der Waals surface area contributed by atoms with Crippen LogP contribution in [0.5, 0.6) is 0 Å². The van der Waals surface area contributed by atoms with Gasteiger partial charge >= 0.3 is 0 Å². The number of halogens is 1. The minimum Gasteiger partial charge on any atom is -0.360 e. The summed E-state index contributed by atoms with van der Waals surface area (Å²) in [7, 11) is 0. The molecule has 1 unspecified atom stereocenters. The maximum Gasteiger partial charge on any atom is 0.138 e. The number of nitrogens with zero attached hydrogens (tertiary/aromatic N) is 7. The minimum absolute atomic E-state index is 0. The normalized spacial score (nSPS) is 13.8. The number of nitrogens with one attached hydrogen (secondary N) is 1. The van der Waals surface area contributed by atoms with Crippen molar-refractivity contribution in [2.24, 2.45) is 0 Å². The number of benzene rings is 7. The number of para-hydroxylation sites is 6. The van der Waals surface area contributed by atoms with E-state index < -0.39 is 0 Å². The molecule has 0 fully saturated rings. The number of allylic oxidation sites excluding steroid dienone is 2. The summed E-state index contributed by atoms with van der Waals surface area (Å²) in [6, 6.07) is 75.0. The molecule has 14 aromatic rings. The van der Waals surface area contributed by atoms with Gasteiger partial charge in [0.25, 0.3) is 0 Å². The van der Waals surface area contributed by atoms with Crippen molar-refractivity contribution < 1.29 is 0 Å². The van der Waals surface area contributed by atoms with Crippen LogP contribution in [0.2, 0.25) is 0 Å². The van der Waals surface area contributed by atoms with Gasteiger partial charge in [-0.25, -0.2) is 15.0 Å². The molecule has 1 N–H and O–H groups in total. The van der Waals surface area contributed by atoms with Crippen LogP contribution in [-0.2, 0) is 0 Å². The summed E-state index contributed by atoms with van der Waals surface area (Å²) in [6.07, 6.45) is 6.34. The second-order valence-electron chi connectivity index (χ2n) is 18.0. The molecule has 9 heteroatoms. The van der Waals surface area contributed by atoms with Gasteiger partial charge in [0.2, 0.25) is 0 Å². The second kappa shape index (κ2) is 16.1. The highest BCUT2D eigenvalue weighted by atomic mass is 127. The first-order chi connectivity index (χ1) is 34.7. The van der Waals surface area contributed by atoms with E-state index >= 15 is 0 Å². The number of fused-ring (bicyclic) bond motifs is 13. The third-order valence-corrected chi connectivity index (χ3v) is 14.2. The van der Waals surface area contributed by atoms with E-state index in [9.17, 15) is 0 Å². The summed E-state index contributed by atoms with van der Waals surface area (Å²) in [5.74, 6) is 2.56. The molecule has 0 bridgehead atoms. The maximum absolute atomic E-state index is 5.40. The lowest BCUT2D eigenvalue weighted by Crippen LogP contribution is -2.26. The lowest BCUT2D eigenvalue weighted by molar-refractivity contribution is 0.588. The Bertz CT molecular complexity index is 4440. The van der Waals surface area contributed by atoms with Gasteiger partial charge in [0.15, 0.2) is 0 Å². The Labute approximate surface area is 424 Å². The monoisotopic (exact) mass is 1020 g/mol. The Balaban J connectivity index is 0.00000470. The van der Waals surface area contributed by atoms with E-state index in [-0.39, 0.29) is 30.1 Å². The van der Waals surface area contributed by atoms with Crippen LogP contribution in [0.3, 0.4) is 0 Å². The molecule has 7 aromatic heterocycles. The largest absolute Gasteiger partial charge is 0.360 e. The summed E-state index contributed by atoms with van der Waals surface area (Å²) in [5, 5.41) is 13.5. The molecule has 1 aliphatic rings. The van der Waals surface area contributed by atoms with E-state index in [1.165, 1.54) is 43.1 Å². The van der Waals surface area contributed by atoms with Crippen LogP contribution < -0.4 is 5.32 Å². The molecule has 8 heterocycles. The number of dihydropyridines is 1. The fourth-order valence-electron chi connectivity index (χ4n) is 11.3. The van der Waals surface area contributed by atoms with Gasteiger partial charge in [-0.1, -0.05) is 133 Å². The van der Waals surface area contributed by atoms with Crippen LogP contribution in [-0.4, -0.2) is 33.2 Å². The summed E-state index contributed by atoms with van der Waals surface area (Å²) < 4.78 is 9.27. The van der Waals surface area contributed by atoms with E-state index in [2.05, 4.69) is 254 Å². The average molecular weight is 1020 g/mol. The first-order valence-corrected chi connectivity index (χ1v) is 23.7. The lowest BCUT2D eigenvalue weighted by atomic mass is 10.1. The minimum atomic E-state index is -0.184. The molecule has 0 radical (unpaired) electrons. The molecule has 15 rings (SSSR count). The zero-order valence-electron chi connectivity index (χ0n) is 38.1. The van der Waals surface area contributed by atoms with Crippen molar-refractivity contribution in [1.29, 1.82) is 0 Å². The summed E-state index contributed by atoms with van der Waals surface area (Å²) in [5.41, 5.74) is 12.4. The summed E-state index contributed by atoms with van der Waals surface area (Å²) >= 11 is 0. The maximum atomic E-state index is 5.40. The quantitative estimate of drug-likeness (QED) is 0.169. The molecule has 0 saturated carbocycles. The predicted octanol–water partition coefficient (Wildman–Crippen LogP) is 15.3. The molecular weight excluding hydrogens is 984 g/mol. The van der Waals surface area contributed by atoms with Gasteiger partial charge in [-0.05, 0) is 97.1 Å². The molecular formula is C62H41IN8. The summed E-state index contributed by atoms with van der Waals surface area (Å²) in [4.78, 5) is 16.0. The van der Waals surface area contributed by atoms with Crippen molar-refractivity contribution in [2.75, 3.05) is 0 Å². The highest BCUT2D eigenvalue weighted by Crippen LogP contribution is 2.43. The van der Waals surface area contributed by atoms with Crippen molar-refractivity contribution >= 4 is 117 Å². The van der Waals surface area contributed by atoms with Gasteiger partial charge in [0.05, 0.1) is 66.9 Å². The molecule has 336 valence electrons. The van der Waals surface area contributed by atoms with Crippen LogP contribution in [0, 0.1) is 0 Å².